The van der Waals surface area contributed by atoms with Crippen LogP contribution in [0.1, 0.15) is 26.5 Å². The molecule has 1 aliphatic heterocycles. The number of nitrogens with two attached hydrogens (primary N) is 1. The second-order valence-corrected chi connectivity index (χ2v) is 8.62. The van der Waals surface area contributed by atoms with Crippen LogP contribution in [-0.4, -0.2) is 51.6 Å². The van der Waals surface area contributed by atoms with Gasteiger partial charge in [0.1, 0.15) is 4.88 Å². The summed E-state index contributed by atoms with van der Waals surface area (Å²) in [5, 5.41) is 3.91. The molecule has 0 radical (unpaired) electrons. The molecule has 0 saturated carbocycles. The number of aromatic nitrogens is 2. The Labute approximate surface area is 185 Å². The van der Waals surface area contributed by atoms with E-state index in [-0.39, 0.29) is 25.5 Å². The summed E-state index contributed by atoms with van der Waals surface area (Å²) in [7, 11) is 0. The van der Waals surface area contributed by atoms with E-state index in [1.165, 1.54) is 5.56 Å². The summed E-state index contributed by atoms with van der Waals surface area (Å²) >= 11 is 1.06. The normalized spacial score (nSPS) is 18.7. The van der Waals surface area contributed by atoms with Crippen LogP contribution < -0.4 is 5.73 Å². The zero-order valence-corrected chi connectivity index (χ0v) is 18.3. The summed E-state index contributed by atoms with van der Waals surface area (Å²) in [6.07, 6.45) is 0.283. The fourth-order valence-electron chi connectivity index (χ4n) is 3.81. The van der Waals surface area contributed by atoms with Crippen LogP contribution in [0.4, 0.5) is 0 Å². The molecule has 31 heavy (non-hydrogen) atoms. The molecule has 7 nitrogen and oxygen atoms in total. The molecule has 2 N–H and O–H groups in total. The van der Waals surface area contributed by atoms with Gasteiger partial charge in [0.25, 0.3) is 11.8 Å². The molecule has 1 aliphatic rings. The quantitative estimate of drug-likeness (QED) is 0.663. The molecule has 2 amide bonds. The number of aryl methyl sites for hydroxylation is 2. The number of carbonyl (C=O) groups is 2. The van der Waals surface area contributed by atoms with Crippen molar-refractivity contribution < 1.29 is 14.3 Å². The van der Waals surface area contributed by atoms with E-state index >= 15 is 0 Å². The number of hydrogen-bond donors (Lipinski definition) is 1. The van der Waals surface area contributed by atoms with Crippen LogP contribution in [-0.2, 0) is 16.0 Å². The third-order valence-corrected chi connectivity index (χ3v) is 6.39. The van der Waals surface area contributed by atoms with Gasteiger partial charge in [-0.05, 0) is 42.1 Å². The van der Waals surface area contributed by atoms with E-state index in [0.29, 0.717) is 17.1 Å². The third kappa shape index (κ3) is 4.35. The number of primary amides is 1. The van der Waals surface area contributed by atoms with Crippen molar-refractivity contribution >= 4 is 23.3 Å². The first kappa shape index (κ1) is 21.1. The smallest absolute Gasteiger partial charge is 0.267 e. The first-order valence-corrected chi connectivity index (χ1v) is 10.8. The molecule has 1 fully saturated rings. The van der Waals surface area contributed by atoms with Crippen LogP contribution in [0.25, 0.3) is 11.1 Å². The predicted octanol–water partition coefficient (Wildman–Crippen LogP) is 2.76. The lowest BCUT2D eigenvalue weighted by atomic mass is 9.90. The van der Waals surface area contributed by atoms with Gasteiger partial charge >= 0.3 is 0 Å². The number of hydrogen-bond acceptors (Lipinski definition) is 6. The zero-order chi connectivity index (χ0) is 22.0. The van der Waals surface area contributed by atoms with Gasteiger partial charge in [-0.1, -0.05) is 58.6 Å². The minimum atomic E-state index is -1.29. The number of ether oxygens (including phenoxy) is 1. The lowest BCUT2D eigenvalue weighted by molar-refractivity contribution is -0.153. The predicted molar refractivity (Wildman–Crippen MR) is 119 cm³/mol. The molecule has 2 heterocycles. The van der Waals surface area contributed by atoms with Gasteiger partial charge in [-0.25, -0.2) is 0 Å². The number of carbonyl (C=O) groups excluding carboxylic acids is 2. The van der Waals surface area contributed by atoms with E-state index < -0.39 is 11.5 Å². The van der Waals surface area contributed by atoms with Crippen LogP contribution in [0.2, 0.25) is 0 Å². The third-order valence-electron chi connectivity index (χ3n) is 5.57. The van der Waals surface area contributed by atoms with Crippen LogP contribution >= 0.6 is 11.5 Å². The molecule has 0 aliphatic carbocycles. The first-order valence-electron chi connectivity index (χ1n) is 10.1. The molecule has 1 atom stereocenters. The van der Waals surface area contributed by atoms with Crippen LogP contribution in [0.3, 0.4) is 0 Å². The van der Waals surface area contributed by atoms with Crippen molar-refractivity contribution in [2.24, 2.45) is 5.73 Å². The van der Waals surface area contributed by atoms with E-state index in [0.717, 1.165) is 28.2 Å². The van der Waals surface area contributed by atoms with Crippen molar-refractivity contribution in [3.05, 3.63) is 70.2 Å². The van der Waals surface area contributed by atoms with Gasteiger partial charge in [-0.3, -0.25) is 9.59 Å². The van der Waals surface area contributed by atoms with E-state index in [1.807, 2.05) is 31.2 Å². The van der Waals surface area contributed by atoms with Crippen LogP contribution in [0.15, 0.2) is 48.5 Å². The maximum Gasteiger partial charge on any atom is 0.267 e. The first-order chi connectivity index (χ1) is 14.9. The number of benzene rings is 2. The number of amides is 2. The van der Waals surface area contributed by atoms with Gasteiger partial charge in [-0.15, -0.1) is 5.10 Å². The lowest BCUT2D eigenvalue weighted by Gasteiger charge is -2.40. The second kappa shape index (κ2) is 8.56. The minimum absolute atomic E-state index is 0.0905. The van der Waals surface area contributed by atoms with Gasteiger partial charge < -0.3 is 15.4 Å². The summed E-state index contributed by atoms with van der Waals surface area (Å²) in [5.41, 5.74) is 9.35. The number of nitrogens with zero attached hydrogens (tertiary/aromatic N) is 3. The van der Waals surface area contributed by atoms with Gasteiger partial charge in [0, 0.05) is 13.0 Å². The van der Waals surface area contributed by atoms with E-state index in [1.54, 1.807) is 11.8 Å². The van der Waals surface area contributed by atoms with E-state index in [2.05, 4.69) is 33.9 Å². The highest BCUT2D eigenvalue weighted by molar-refractivity contribution is 7.07. The molecule has 1 aromatic heterocycles. The van der Waals surface area contributed by atoms with E-state index in [4.69, 9.17) is 10.5 Å². The molecule has 160 valence electrons. The summed E-state index contributed by atoms with van der Waals surface area (Å²) in [6, 6.07) is 16.2. The maximum atomic E-state index is 13.0. The lowest BCUT2D eigenvalue weighted by Crippen LogP contribution is -2.61. The second-order valence-electron chi connectivity index (χ2n) is 7.86. The summed E-state index contributed by atoms with van der Waals surface area (Å²) in [6.45, 7) is 4.50. The van der Waals surface area contributed by atoms with Crippen molar-refractivity contribution in [3.63, 3.8) is 0 Å². The molecular formula is C23H24N4O3S. The molecule has 4 rings (SSSR count). The summed E-state index contributed by atoms with van der Waals surface area (Å²) in [5.74, 6) is -0.778. The highest BCUT2D eigenvalue weighted by atomic mass is 32.1. The SMILES string of the molecule is Cc1ccc(-c2cccc(CC3(C(N)=O)CN(C(=O)c4snnc4C)CCO3)c2)cc1. The highest BCUT2D eigenvalue weighted by Gasteiger charge is 2.44. The van der Waals surface area contributed by atoms with Crippen molar-refractivity contribution in [2.45, 2.75) is 25.9 Å². The Kier molecular flexibility index (Phi) is 5.84. The monoisotopic (exact) mass is 436 g/mol. The zero-order valence-electron chi connectivity index (χ0n) is 17.5. The Balaban J connectivity index is 1.59. The highest BCUT2D eigenvalue weighted by Crippen LogP contribution is 2.28. The van der Waals surface area contributed by atoms with Crippen LogP contribution in [0.5, 0.6) is 0 Å². The molecule has 2 aromatic carbocycles. The fraction of sp³-hybridized carbons (Fsp3) is 0.304. The van der Waals surface area contributed by atoms with Crippen molar-refractivity contribution in [3.8, 4) is 11.1 Å². The fourth-order valence-corrected chi connectivity index (χ4v) is 4.43. The number of rotatable bonds is 5. The average Bonchev–Trinajstić information content (AvgIpc) is 3.20. The van der Waals surface area contributed by atoms with Crippen LogP contribution in [0, 0.1) is 13.8 Å². The molecule has 3 aromatic rings. The van der Waals surface area contributed by atoms with E-state index in [9.17, 15) is 9.59 Å². The Morgan fingerprint density at radius 3 is 2.61 bits per heavy atom. The van der Waals surface area contributed by atoms with Crippen molar-refractivity contribution in [1.82, 2.24) is 14.5 Å². The van der Waals surface area contributed by atoms with Crippen molar-refractivity contribution in [1.29, 1.82) is 0 Å². The standard InChI is InChI=1S/C23H24N4O3S/c1-15-6-8-18(9-7-15)19-5-3-4-17(12-19)13-23(22(24)29)14-27(10-11-30-23)21(28)20-16(2)25-26-31-20/h3-9,12H,10-11,13-14H2,1-2H3,(H2,24,29). The van der Waals surface area contributed by atoms with Gasteiger partial charge in [0.05, 0.1) is 18.8 Å². The molecule has 1 saturated heterocycles. The molecular weight excluding hydrogens is 412 g/mol. The Bertz CT molecular complexity index is 1110. The van der Waals surface area contributed by atoms with Gasteiger partial charge in [0.2, 0.25) is 0 Å². The Hall–Kier alpha value is -3.10. The van der Waals surface area contributed by atoms with Gasteiger partial charge in [0.15, 0.2) is 5.60 Å². The van der Waals surface area contributed by atoms with Crippen molar-refractivity contribution in [2.75, 3.05) is 19.7 Å². The number of morpholine rings is 1. The Morgan fingerprint density at radius 2 is 1.94 bits per heavy atom. The molecule has 8 heteroatoms. The largest absolute Gasteiger partial charge is 0.367 e. The molecule has 0 bridgehead atoms. The summed E-state index contributed by atoms with van der Waals surface area (Å²) < 4.78 is 9.77. The topological polar surface area (TPSA) is 98.4 Å². The Morgan fingerprint density at radius 1 is 1.16 bits per heavy atom. The summed E-state index contributed by atoms with van der Waals surface area (Å²) in [4.78, 5) is 27.6. The average molecular weight is 437 g/mol. The van der Waals surface area contributed by atoms with Gasteiger partial charge in [-0.2, -0.15) is 0 Å². The minimum Gasteiger partial charge on any atom is -0.367 e. The molecule has 0 spiro atoms. The maximum absolute atomic E-state index is 13.0. The molecule has 1 unspecified atom stereocenters.